The van der Waals surface area contributed by atoms with E-state index in [1.54, 1.807) is 17.7 Å². The molecule has 154 valence electrons. The number of nitrogens with zero attached hydrogens (tertiary/aromatic N) is 5. The number of likely N-dealkylation sites (tertiary alicyclic amines) is 1. The van der Waals surface area contributed by atoms with Crippen LogP contribution in [0.5, 0.6) is 0 Å². The van der Waals surface area contributed by atoms with E-state index in [0.717, 1.165) is 36.6 Å². The van der Waals surface area contributed by atoms with Gasteiger partial charge in [-0.05, 0) is 84.1 Å². The second kappa shape index (κ2) is 7.16. The zero-order chi connectivity index (χ0) is 19.4. The van der Waals surface area contributed by atoms with Crippen molar-refractivity contribution in [3.63, 3.8) is 0 Å². The van der Waals surface area contributed by atoms with E-state index in [1.165, 1.54) is 37.0 Å². The Morgan fingerprint density at radius 1 is 1.14 bits per heavy atom. The fourth-order valence-electron chi connectivity index (χ4n) is 7.10. The number of aromatic nitrogens is 4. The Kier molecular flexibility index (Phi) is 4.45. The molecule has 29 heavy (non-hydrogen) atoms. The Morgan fingerprint density at radius 3 is 2.59 bits per heavy atom. The van der Waals surface area contributed by atoms with Crippen LogP contribution in [0.25, 0.3) is 0 Å². The van der Waals surface area contributed by atoms with Crippen molar-refractivity contribution in [3.05, 3.63) is 28.7 Å². The summed E-state index contributed by atoms with van der Waals surface area (Å²) in [5.74, 6) is 3.59. The molecule has 3 heterocycles. The van der Waals surface area contributed by atoms with Crippen molar-refractivity contribution in [2.75, 3.05) is 6.54 Å². The van der Waals surface area contributed by atoms with Crippen LogP contribution in [-0.4, -0.2) is 49.6 Å². The minimum Gasteiger partial charge on any atom is -0.350 e. The van der Waals surface area contributed by atoms with E-state index in [2.05, 4.69) is 37.2 Å². The van der Waals surface area contributed by atoms with Crippen molar-refractivity contribution < 1.29 is 4.79 Å². The molecule has 2 aromatic rings. The second-order valence-corrected chi connectivity index (χ2v) is 10.6. The average molecular weight is 413 g/mol. The largest absolute Gasteiger partial charge is 0.350 e. The standard InChI is InChI=1S/C21H28N6OS/c28-21(22-10-18-2-1-3-29-18)19-9-17(27-12-23-24-25-27)11-26(19)20-15-5-13-4-14(7-15)8-16(20)6-13/h1-3,12-17,19-20H,4-11H2,(H,22,28)/t13?,14?,15?,16?,17-,19+,20?/m1/s1. The first-order valence-electron chi connectivity index (χ1n) is 11.0. The highest BCUT2D eigenvalue weighted by Gasteiger charge is 2.53. The van der Waals surface area contributed by atoms with Crippen LogP contribution in [0, 0.1) is 23.7 Å². The van der Waals surface area contributed by atoms with Gasteiger partial charge in [-0.3, -0.25) is 9.69 Å². The molecule has 0 radical (unpaired) electrons. The molecule has 1 N–H and O–H groups in total. The third-order valence-corrected chi connectivity index (χ3v) is 8.81. The predicted molar refractivity (Wildman–Crippen MR) is 109 cm³/mol. The molecule has 0 unspecified atom stereocenters. The normalized spacial score (nSPS) is 38.6. The first-order chi connectivity index (χ1) is 14.2. The summed E-state index contributed by atoms with van der Waals surface area (Å²) in [6, 6.07) is 4.78. The van der Waals surface area contributed by atoms with E-state index in [-0.39, 0.29) is 18.0 Å². The summed E-state index contributed by atoms with van der Waals surface area (Å²) in [6.45, 7) is 1.51. The van der Waals surface area contributed by atoms with Crippen LogP contribution < -0.4 is 5.32 Å². The van der Waals surface area contributed by atoms with Crippen LogP contribution in [0.3, 0.4) is 0 Å². The molecular weight excluding hydrogens is 384 g/mol. The van der Waals surface area contributed by atoms with Crippen LogP contribution in [0.15, 0.2) is 23.8 Å². The van der Waals surface area contributed by atoms with Gasteiger partial charge in [0.15, 0.2) is 0 Å². The number of carbonyl (C=O) groups is 1. The third-order valence-electron chi connectivity index (χ3n) is 7.94. The van der Waals surface area contributed by atoms with E-state index in [0.29, 0.717) is 12.6 Å². The summed E-state index contributed by atoms with van der Waals surface area (Å²) in [7, 11) is 0. The fraction of sp³-hybridized carbons (Fsp3) is 0.714. The van der Waals surface area contributed by atoms with Crippen molar-refractivity contribution >= 4 is 17.2 Å². The Hall–Kier alpha value is -1.80. The van der Waals surface area contributed by atoms with Gasteiger partial charge in [0.05, 0.1) is 18.6 Å². The molecule has 7 nitrogen and oxygen atoms in total. The summed E-state index contributed by atoms with van der Waals surface area (Å²) in [6.07, 6.45) is 9.43. The molecule has 4 bridgehead atoms. The number of thiophene rings is 1. The maximum atomic E-state index is 13.3. The summed E-state index contributed by atoms with van der Waals surface area (Å²) in [5.41, 5.74) is 0. The molecule has 1 saturated heterocycles. The molecule has 5 aliphatic rings. The van der Waals surface area contributed by atoms with E-state index in [9.17, 15) is 4.79 Å². The number of amides is 1. The topological polar surface area (TPSA) is 75.9 Å². The minimum absolute atomic E-state index is 0.0771. The van der Waals surface area contributed by atoms with Crippen LogP contribution in [0.2, 0.25) is 0 Å². The lowest BCUT2D eigenvalue weighted by Crippen LogP contribution is -2.59. The number of hydrogen-bond donors (Lipinski definition) is 1. The Morgan fingerprint density at radius 2 is 1.93 bits per heavy atom. The van der Waals surface area contributed by atoms with Crippen molar-refractivity contribution in [1.29, 1.82) is 0 Å². The van der Waals surface area contributed by atoms with Gasteiger partial charge in [0.2, 0.25) is 5.91 Å². The highest BCUT2D eigenvalue weighted by molar-refractivity contribution is 7.09. The number of carbonyl (C=O) groups excluding carboxylic acids is 1. The van der Waals surface area contributed by atoms with Crippen molar-refractivity contribution in [3.8, 4) is 0 Å². The van der Waals surface area contributed by atoms with Gasteiger partial charge in [-0.15, -0.1) is 16.4 Å². The lowest BCUT2D eigenvalue weighted by atomic mass is 9.54. The molecule has 4 saturated carbocycles. The number of hydrogen-bond acceptors (Lipinski definition) is 6. The minimum atomic E-state index is -0.0771. The number of rotatable bonds is 5. The van der Waals surface area contributed by atoms with Gasteiger partial charge in [0.1, 0.15) is 6.33 Å². The van der Waals surface area contributed by atoms with Gasteiger partial charge in [-0.25, -0.2) is 4.68 Å². The highest BCUT2D eigenvalue weighted by atomic mass is 32.1. The molecule has 1 aliphatic heterocycles. The first kappa shape index (κ1) is 18.0. The molecule has 2 aromatic heterocycles. The van der Waals surface area contributed by atoms with E-state index in [1.807, 2.05) is 10.7 Å². The zero-order valence-electron chi connectivity index (χ0n) is 16.6. The molecule has 0 spiro atoms. The van der Waals surface area contributed by atoms with Gasteiger partial charge < -0.3 is 5.32 Å². The third kappa shape index (κ3) is 3.20. The van der Waals surface area contributed by atoms with Gasteiger partial charge >= 0.3 is 0 Å². The SMILES string of the molecule is O=C(NCc1cccs1)[C@@H]1C[C@@H](n2cnnn2)CN1C1C2CC3CC(C2)CC1C3. The molecule has 7 rings (SSSR count). The molecular formula is C21H28N6OS. The van der Waals surface area contributed by atoms with Crippen molar-refractivity contribution in [2.24, 2.45) is 23.7 Å². The van der Waals surface area contributed by atoms with Gasteiger partial charge in [-0.1, -0.05) is 6.07 Å². The Bertz CT molecular complexity index is 825. The molecule has 5 fully saturated rings. The molecule has 8 heteroatoms. The molecule has 4 aliphatic carbocycles. The monoisotopic (exact) mass is 412 g/mol. The molecule has 1 amide bonds. The lowest BCUT2D eigenvalue weighted by Gasteiger charge is -2.57. The van der Waals surface area contributed by atoms with Crippen LogP contribution >= 0.6 is 11.3 Å². The predicted octanol–water partition coefficient (Wildman–Crippen LogP) is 2.49. The molecule has 0 aromatic carbocycles. The summed E-state index contributed by atoms with van der Waals surface area (Å²) in [5, 5.41) is 17.1. The van der Waals surface area contributed by atoms with Crippen LogP contribution in [-0.2, 0) is 11.3 Å². The fourth-order valence-corrected chi connectivity index (χ4v) is 7.74. The lowest BCUT2D eigenvalue weighted by molar-refractivity contribution is -0.130. The quantitative estimate of drug-likeness (QED) is 0.817. The van der Waals surface area contributed by atoms with E-state index < -0.39 is 0 Å². The summed E-state index contributed by atoms with van der Waals surface area (Å²) >= 11 is 1.69. The second-order valence-electron chi connectivity index (χ2n) is 9.61. The smallest absolute Gasteiger partial charge is 0.237 e. The highest BCUT2D eigenvalue weighted by Crippen LogP contribution is 2.56. The van der Waals surface area contributed by atoms with E-state index >= 15 is 0 Å². The number of nitrogens with one attached hydrogen (secondary N) is 1. The van der Waals surface area contributed by atoms with Crippen LogP contribution in [0.4, 0.5) is 0 Å². The van der Waals surface area contributed by atoms with Gasteiger partial charge in [0, 0.05) is 17.5 Å². The number of tetrazole rings is 1. The first-order valence-corrected chi connectivity index (χ1v) is 11.9. The van der Waals surface area contributed by atoms with E-state index in [4.69, 9.17) is 0 Å². The van der Waals surface area contributed by atoms with Gasteiger partial charge in [-0.2, -0.15) is 0 Å². The van der Waals surface area contributed by atoms with Gasteiger partial charge in [0.25, 0.3) is 0 Å². The average Bonchev–Trinajstić information content (AvgIpc) is 3.46. The summed E-state index contributed by atoms with van der Waals surface area (Å²) < 4.78 is 1.86. The Balaban J connectivity index is 1.24. The van der Waals surface area contributed by atoms with Crippen molar-refractivity contribution in [1.82, 2.24) is 30.4 Å². The maximum Gasteiger partial charge on any atom is 0.237 e. The molecule has 2 atom stereocenters. The Labute approximate surface area is 174 Å². The summed E-state index contributed by atoms with van der Waals surface area (Å²) in [4.78, 5) is 17.1. The van der Waals surface area contributed by atoms with Crippen molar-refractivity contribution in [2.45, 2.75) is 63.2 Å². The van der Waals surface area contributed by atoms with Crippen LogP contribution in [0.1, 0.15) is 49.4 Å². The maximum absolute atomic E-state index is 13.3. The zero-order valence-corrected chi connectivity index (χ0v) is 17.4.